The summed E-state index contributed by atoms with van der Waals surface area (Å²) in [4.78, 5) is 23.4. The molecule has 3 aromatic rings. The minimum absolute atomic E-state index is 0.395. The summed E-state index contributed by atoms with van der Waals surface area (Å²) < 4.78 is 10.4. The maximum atomic E-state index is 11.9. The van der Waals surface area contributed by atoms with Gasteiger partial charge in [0.1, 0.15) is 11.5 Å². The van der Waals surface area contributed by atoms with Gasteiger partial charge in [-0.3, -0.25) is 0 Å². The second-order valence-corrected chi connectivity index (χ2v) is 5.91. The Morgan fingerprint density at radius 3 is 2.50 bits per heavy atom. The highest BCUT2D eigenvalue weighted by atomic mass is 16.5. The maximum absolute atomic E-state index is 11.9. The Hall–Kier alpha value is -3.87. The number of hydrogen-bond donors (Lipinski definition) is 2. The Bertz CT molecular complexity index is 1010. The van der Waals surface area contributed by atoms with E-state index in [1.165, 1.54) is 13.3 Å². The predicted octanol–water partition coefficient (Wildman–Crippen LogP) is 4.20. The second-order valence-electron chi connectivity index (χ2n) is 5.91. The molecule has 0 radical (unpaired) electrons. The Labute approximate surface area is 162 Å². The maximum Gasteiger partial charge on any atom is 0.339 e. The number of esters is 1. The van der Waals surface area contributed by atoms with Crippen LogP contribution < -0.4 is 10.7 Å². The number of carbonyl (C=O) groups excluding carboxylic acids is 2. The number of methoxy groups -OCH3 is 1. The largest absolute Gasteiger partial charge is 0.465 e. The van der Waals surface area contributed by atoms with Crippen LogP contribution in [0.3, 0.4) is 0 Å². The van der Waals surface area contributed by atoms with Gasteiger partial charge in [0.25, 0.3) is 0 Å². The van der Waals surface area contributed by atoms with E-state index in [0.717, 1.165) is 11.1 Å². The van der Waals surface area contributed by atoms with Crippen LogP contribution in [0.2, 0.25) is 0 Å². The van der Waals surface area contributed by atoms with Crippen molar-refractivity contribution in [3.05, 3.63) is 77.6 Å². The van der Waals surface area contributed by atoms with Gasteiger partial charge < -0.3 is 14.5 Å². The Kier molecular flexibility index (Phi) is 5.86. The van der Waals surface area contributed by atoms with E-state index >= 15 is 0 Å². The molecule has 0 fully saturated rings. The zero-order valence-corrected chi connectivity index (χ0v) is 15.4. The van der Waals surface area contributed by atoms with E-state index in [1.54, 1.807) is 36.4 Å². The third-order valence-electron chi connectivity index (χ3n) is 3.97. The van der Waals surface area contributed by atoms with Crippen LogP contribution in [0.15, 0.2) is 70.2 Å². The summed E-state index contributed by atoms with van der Waals surface area (Å²) in [6, 6.07) is 17.4. The summed E-state index contributed by atoms with van der Waals surface area (Å²) in [5.41, 5.74) is 5.32. The zero-order chi connectivity index (χ0) is 19.9. The van der Waals surface area contributed by atoms with Crippen LogP contribution in [0.5, 0.6) is 0 Å². The molecule has 2 N–H and O–H groups in total. The average Bonchev–Trinajstić information content (AvgIpc) is 3.18. The molecule has 3 rings (SSSR count). The number of ether oxygens (including phenoxy) is 1. The van der Waals surface area contributed by atoms with Crippen LogP contribution in [-0.2, 0) is 4.74 Å². The number of rotatable bonds is 5. The summed E-state index contributed by atoms with van der Waals surface area (Å²) in [6.07, 6.45) is 1.41. The number of carbonyl (C=O) groups is 2. The van der Waals surface area contributed by atoms with Crippen molar-refractivity contribution in [2.45, 2.75) is 6.92 Å². The molecule has 2 aromatic carbocycles. The van der Waals surface area contributed by atoms with Gasteiger partial charge in [-0.05, 0) is 42.8 Å². The molecule has 0 unspecified atom stereocenters. The molecule has 7 heteroatoms. The van der Waals surface area contributed by atoms with Crippen molar-refractivity contribution in [1.29, 1.82) is 0 Å². The van der Waals surface area contributed by atoms with Gasteiger partial charge in [0, 0.05) is 11.3 Å². The molecule has 7 nitrogen and oxygen atoms in total. The predicted molar refractivity (Wildman–Crippen MR) is 106 cm³/mol. The Morgan fingerprint density at radius 2 is 1.79 bits per heavy atom. The van der Waals surface area contributed by atoms with Crippen LogP contribution in [0, 0.1) is 6.92 Å². The third-order valence-corrected chi connectivity index (χ3v) is 3.97. The molecule has 2 amide bonds. The molecule has 0 bridgehead atoms. The minimum Gasteiger partial charge on any atom is -0.465 e. The van der Waals surface area contributed by atoms with Crippen LogP contribution in [0.4, 0.5) is 10.5 Å². The summed E-state index contributed by atoms with van der Waals surface area (Å²) in [6.45, 7) is 1.90. The highest BCUT2D eigenvalue weighted by Gasteiger charge is 2.08. The van der Waals surface area contributed by atoms with E-state index in [1.807, 2.05) is 31.2 Å². The van der Waals surface area contributed by atoms with Crippen molar-refractivity contribution < 1.29 is 18.7 Å². The minimum atomic E-state index is -0.448. The van der Waals surface area contributed by atoms with Crippen molar-refractivity contribution >= 4 is 23.9 Å². The summed E-state index contributed by atoms with van der Waals surface area (Å²) in [7, 11) is 1.34. The number of para-hydroxylation sites is 1. The number of nitrogens with one attached hydrogen (secondary N) is 2. The van der Waals surface area contributed by atoms with E-state index in [9.17, 15) is 9.59 Å². The first-order valence-corrected chi connectivity index (χ1v) is 8.51. The first kappa shape index (κ1) is 18.9. The number of hydrazone groups is 1. The molecular weight excluding hydrogens is 358 g/mol. The number of urea groups is 1. The van der Waals surface area contributed by atoms with Gasteiger partial charge in [0.05, 0.1) is 18.9 Å². The van der Waals surface area contributed by atoms with Gasteiger partial charge in [0.2, 0.25) is 0 Å². The topological polar surface area (TPSA) is 92.9 Å². The van der Waals surface area contributed by atoms with Crippen LogP contribution in [0.25, 0.3) is 11.3 Å². The number of aryl methyl sites for hydroxylation is 1. The van der Waals surface area contributed by atoms with E-state index in [4.69, 9.17) is 4.42 Å². The Balaban J connectivity index is 1.59. The quantitative estimate of drug-likeness (QED) is 0.396. The molecular formula is C21H19N3O4. The van der Waals surface area contributed by atoms with Crippen LogP contribution in [0.1, 0.15) is 21.7 Å². The average molecular weight is 377 g/mol. The summed E-state index contributed by atoms with van der Waals surface area (Å²) in [5, 5.41) is 6.60. The fraction of sp³-hybridized carbons (Fsp3) is 0.0952. The molecule has 0 atom stereocenters. The molecule has 1 aromatic heterocycles. The SMILES string of the molecule is COC(=O)c1ccc(-c2ccc(C=NNC(=O)Nc3ccccc3C)o2)cc1. The molecule has 28 heavy (non-hydrogen) atoms. The van der Waals surface area contributed by atoms with Gasteiger partial charge >= 0.3 is 12.0 Å². The first-order chi connectivity index (χ1) is 13.6. The lowest BCUT2D eigenvalue weighted by atomic mass is 10.1. The van der Waals surface area contributed by atoms with Gasteiger partial charge in [-0.25, -0.2) is 15.0 Å². The lowest BCUT2D eigenvalue weighted by Crippen LogP contribution is -2.24. The smallest absolute Gasteiger partial charge is 0.339 e. The van der Waals surface area contributed by atoms with E-state index in [2.05, 4.69) is 20.6 Å². The number of amides is 2. The normalized spacial score (nSPS) is 10.6. The molecule has 0 saturated heterocycles. The molecule has 1 heterocycles. The number of nitrogens with zero attached hydrogens (tertiary/aromatic N) is 1. The molecule has 142 valence electrons. The van der Waals surface area contributed by atoms with Crippen molar-refractivity contribution in [3.8, 4) is 11.3 Å². The molecule has 0 saturated carbocycles. The lowest BCUT2D eigenvalue weighted by molar-refractivity contribution is 0.0600. The number of hydrogen-bond acceptors (Lipinski definition) is 5. The summed E-state index contributed by atoms with van der Waals surface area (Å²) in [5.74, 6) is 0.694. The van der Waals surface area contributed by atoms with Crippen molar-refractivity contribution in [2.24, 2.45) is 5.10 Å². The van der Waals surface area contributed by atoms with Gasteiger partial charge in [0.15, 0.2) is 0 Å². The van der Waals surface area contributed by atoms with Crippen molar-refractivity contribution in [2.75, 3.05) is 12.4 Å². The monoisotopic (exact) mass is 377 g/mol. The summed E-state index contributed by atoms with van der Waals surface area (Å²) >= 11 is 0. The van der Waals surface area contributed by atoms with Crippen molar-refractivity contribution in [1.82, 2.24) is 5.43 Å². The second kappa shape index (κ2) is 8.68. The van der Waals surface area contributed by atoms with Crippen LogP contribution in [-0.4, -0.2) is 25.3 Å². The van der Waals surface area contributed by atoms with Crippen LogP contribution >= 0.6 is 0 Å². The lowest BCUT2D eigenvalue weighted by Gasteiger charge is -2.06. The highest BCUT2D eigenvalue weighted by Crippen LogP contribution is 2.22. The fourth-order valence-electron chi connectivity index (χ4n) is 2.48. The standard InChI is InChI=1S/C21H19N3O4/c1-14-5-3-4-6-18(14)23-21(26)24-22-13-17-11-12-19(28-17)15-7-9-16(10-8-15)20(25)27-2/h3-13H,1-2H3,(H2,23,24,26). The molecule has 0 spiro atoms. The number of benzene rings is 2. The Morgan fingerprint density at radius 1 is 1.04 bits per heavy atom. The van der Waals surface area contributed by atoms with Gasteiger partial charge in [-0.2, -0.15) is 5.10 Å². The molecule has 0 aliphatic heterocycles. The third kappa shape index (κ3) is 4.64. The van der Waals surface area contributed by atoms with Gasteiger partial charge in [-0.15, -0.1) is 0 Å². The molecule has 0 aliphatic carbocycles. The highest BCUT2D eigenvalue weighted by molar-refractivity contribution is 5.91. The van der Waals surface area contributed by atoms with Crippen molar-refractivity contribution in [3.63, 3.8) is 0 Å². The molecule has 0 aliphatic rings. The van der Waals surface area contributed by atoms with E-state index in [-0.39, 0.29) is 0 Å². The van der Waals surface area contributed by atoms with E-state index in [0.29, 0.717) is 22.8 Å². The zero-order valence-electron chi connectivity index (χ0n) is 15.4. The van der Waals surface area contributed by atoms with Gasteiger partial charge in [-0.1, -0.05) is 30.3 Å². The first-order valence-electron chi connectivity index (χ1n) is 8.51. The fourth-order valence-corrected chi connectivity index (χ4v) is 2.48. The number of anilines is 1. The number of furan rings is 1. The van der Waals surface area contributed by atoms with E-state index < -0.39 is 12.0 Å².